The molecule has 0 radical (unpaired) electrons. The number of hydrogen-bond acceptors (Lipinski definition) is 3. The van der Waals surface area contributed by atoms with Gasteiger partial charge < -0.3 is 11.1 Å². The molecule has 3 aromatic rings. The highest BCUT2D eigenvalue weighted by Gasteiger charge is 2.01. The number of nitrogens with two attached hydrogens (primary N) is 1. The van der Waals surface area contributed by atoms with Gasteiger partial charge in [-0.2, -0.15) is 5.10 Å². The van der Waals surface area contributed by atoms with Gasteiger partial charge in [-0.3, -0.25) is 5.10 Å². The van der Waals surface area contributed by atoms with Crippen molar-refractivity contribution < 1.29 is 0 Å². The van der Waals surface area contributed by atoms with Gasteiger partial charge in [0.25, 0.3) is 0 Å². The minimum atomic E-state index is 0.707. The van der Waals surface area contributed by atoms with Crippen LogP contribution in [0.3, 0.4) is 0 Å². The second-order valence-corrected chi connectivity index (χ2v) is 4.60. The van der Waals surface area contributed by atoms with Gasteiger partial charge in [0.05, 0.1) is 5.69 Å². The molecule has 4 heteroatoms. The third-order valence-electron chi connectivity index (χ3n) is 3.21. The first-order chi connectivity index (χ1) is 9.83. The Labute approximate surface area is 117 Å². The van der Waals surface area contributed by atoms with E-state index in [4.69, 9.17) is 5.73 Å². The molecule has 4 nitrogen and oxygen atoms in total. The Bertz CT molecular complexity index is 689. The Morgan fingerprint density at radius 3 is 2.75 bits per heavy atom. The van der Waals surface area contributed by atoms with Crippen LogP contribution in [0.5, 0.6) is 0 Å². The van der Waals surface area contributed by atoms with E-state index in [1.165, 1.54) is 0 Å². The van der Waals surface area contributed by atoms with Crippen molar-refractivity contribution in [3.63, 3.8) is 0 Å². The van der Waals surface area contributed by atoms with Crippen LogP contribution in [0.25, 0.3) is 11.3 Å². The predicted octanol–water partition coefficient (Wildman–Crippen LogP) is 3.27. The number of aromatic nitrogens is 2. The van der Waals surface area contributed by atoms with Crippen LogP contribution >= 0.6 is 0 Å². The number of nitrogens with one attached hydrogen (secondary N) is 2. The topological polar surface area (TPSA) is 66.7 Å². The summed E-state index contributed by atoms with van der Waals surface area (Å²) in [5, 5.41) is 10.3. The van der Waals surface area contributed by atoms with Gasteiger partial charge in [0.1, 0.15) is 0 Å². The molecule has 2 aromatic carbocycles. The fourth-order valence-electron chi connectivity index (χ4n) is 2.11. The van der Waals surface area contributed by atoms with Gasteiger partial charge in [-0.15, -0.1) is 0 Å². The van der Waals surface area contributed by atoms with Crippen molar-refractivity contribution in [1.29, 1.82) is 0 Å². The summed E-state index contributed by atoms with van der Waals surface area (Å²) in [6.45, 7) is 0.707. The second-order valence-electron chi connectivity index (χ2n) is 4.60. The molecule has 0 aliphatic rings. The summed E-state index contributed by atoms with van der Waals surface area (Å²) in [5.74, 6) is 0. The van der Waals surface area contributed by atoms with Gasteiger partial charge in [-0.1, -0.05) is 30.3 Å². The summed E-state index contributed by atoms with van der Waals surface area (Å²) in [7, 11) is 0. The van der Waals surface area contributed by atoms with E-state index in [1.807, 2.05) is 42.5 Å². The number of para-hydroxylation sites is 1. The van der Waals surface area contributed by atoms with E-state index in [9.17, 15) is 0 Å². The molecule has 0 fully saturated rings. The van der Waals surface area contributed by atoms with Gasteiger partial charge in [0.15, 0.2) is 0 Å². The minimum absolute atomic E-state index is 0.707. The van der Waals surface area contributed by atoms with Crippen LogP contribution in [0, 0.1) is 0 Å². The Hall–Kier alpha value is -2.75. The van der Waals surface area contributed by atoms with Crippen molar-refractivity contribution in [1.82, 2.24) is 10.2 Å². The molecule has 0 spiro atoms. The van der Waals surface area contributed by atoms with E-state index in [1.54, 1.807) is 6.20 Å². The maximum absolute atomic E-state index is 5.94. The number of hydrogen-bond donors (Lipinski definition) is 3. The molecule has 0 atom stereocenters. The molecule has 20 heavy (non-hydrogen) atoms. The lowest BCUT2D eigenvalue weighted by atomic mass is 10.1. The van der Waals surface area contributed by atoms with Gasteiger partial charge >= 0.3 is 0 Å². The SMILES string of the molecule is Nc1ccccc1CNc1cccc(-c2ccn[nH]2)c1. The van der Waals surface area contributed by atoms with Crippen LogP contribution in [0.1, 0.15) is 5.56 Å². The quantitative estimate of drug-likeness (QED) is 0.633. The first-order valence-corrected chi connectivity index (χ1v) is 6.50. The first kappa shape index (κ1) is 12.3. The van der Waals surface area contributed by atoms with E-state index < -0.39 is 0 Å². The molecule has 4 N–H and O–H groups in total. The average Bonchev–Trinajstić information content (AvgIpc) is 3.01. The Morgan fingerprint density at radius 2 is 1.95 bits per heavy atom. The molecule has 1 aromatic heterocycles. The molecule has 0 amide bonds. The molecule has 1 heterocycles. The second kappa shape index (κ2) is 5.48. The van der Waals surface area contributed by atoms with Crippen molar-refractivity contribution >= 4 is 11.4 Å². The molecule has 3 rings (SSSR count). The summed E-state index contributed by atoms with van der Waals surface area (Å²) in [6, 6.07) is 18.0. The maximum atomic E-state index is 5.94. The van der Waals surface area contributed by atoms with Gasteiger partial charge in [-0.25, -0.2) is 0 Å². The van der Waals surface area contributed by atoms with Crippen molar-refractivity contribution in [2.75, 3.05) is 11.1 Å². The number of nitrogens with zero attached hydrogens (tertiary/aromatic N) is 1. The van der Waals surface area contributed by atoms with Crippen molar-refractivity contribution in [2.24, 2.45) is 0 Å². The number of aromatic amines is 1. The highest BCUT2D eigenvalue weighted by Crippen LogP contribution is 2.21. The van der Waals surface area contributed by atoms with Crippen molar-refractivity contribution in [2.45, 2.75) is 6.54 Å². The van der Waals surface area contributed by atoms with E-state index in [0.29, 0.717) is 6.54 Å². The maximum Gasteiger partial charge on any atom is 0.0650 e. The van der Waals surface area contributed by atoms with E-state index in [0.717, 1.165) is 28.2 Å². The third kappa shape index (κ3) is 2.64. The fraction of sp³-hybridized carbons (Fsp3) is 0.0625. The highest BCUT2D eigenvalue weighted by atomic mass is 15.1. The van der Waals surface area contributed by atoms with E-state index in [-0.39, 0.29) is 0 Å². The van der Waals surface area contributed by atoms with Crippen LogP contribution in [-0.4, -0.2) is 10.2 Å². The van der Waals surface area contributed by atoms with E-state index in [2.05, 4.69) is 27.6 Å². The summed E-state index contributed by atoms with van der Waals surface area (Å²) in [5.41, 5.74) is 11.0. The molecule has 0 saturated carbocycles. The molecule has 100 valence electrons. The van der Waals surface area contributed by atoms with Crippen molar-refractivity contribution in [3.05, 3.63) is 66.4 Å². The lowest BCUT2D eigenvalue weighted by molar-refractivity contribution is 1.09. The smallest absolute Gasteiger partial charge is 0.0650 e. The van der Waals surface area contributed by atoms with E-state index >= 15 is 0 Å². The lowest BCUT2D eigenvalue weighted by Crippen LogP contribution is -2.02. The Morgan fingerprint density at radius 1 is 1.05 bits per heavy atom. The largest absolute Gasteiger partial charge is 0.398 e. The Balaban J connectivity index is 1.75. The molecular weight excluding hydrogens is 248 g/mol. The normalized spacial score (nSPS) is 10.4. The minimum Gasteiger partial charge on any atom is -0.398 e. The van der Waals surface area contributed by atoms with Crippen LogP contribution in [0.15, 0.2) is 60.8 Å². The number of H-pyrrole nitrogens is 1. The number of nitrogen functional groups attached to an aromatic ring is 1. The lowest BCUT2D eigenvalue weighted by Gasteiger charge is -2.09. The fourth-order valence-corrected chi connectivity index (χ4v) is 2.11. The Kier molecular flexibility index (Phi) is 3.37. The van der Waals surface area contributed by atoms with Crippen LogP contribution < -0.4 is 11.1 Å². The summed E-state index contributed by atoms with van der Waals surface area (Å²) in [6.07, 6.45) is 1.75. The van der Waals surface area contributed by atoms with Gasteiger partial charge in [0.2, 0.25) is 0 Å². The zero-order chi connectivity index (χ0) is 13.8. The molecule has 0 bridgehead atoms. The van der Waals surface area contributed by atoms with Crippen LogP contribution in [0.4, 0.5) is 11.4 Å². The molecule has 0 aliphatic carbocycles. The highest BCUT2D eigenvalue weighted by molar-refractivity contribution is 5.64. The molecule has 0 unspecified atom stereocenters. The molecule has 0 saturated heterocycles. The molecule has 0 aliphatic heterocycles. The first-order valence-electron chi connectivity index (χ1n) is 6.50. The predicted molar refractivity (Wildman–Crippen MR) is 82.2 cm³/mol. The van der Waals surface area contributed by atoms with Crippen molar-refractivity contribution in [3.8, 4) is 11.3 Å². The number of anilines is 2. The summed E-state index contributed by atoms with van der Waals surface area (Å²) >= 11 is 0. The van der Waals surface area contributed by atoms with Gasteiger partial charge in [-0.05, 0) is 29.8 Å². The van der Waals surface area contributed by atoms with Crippen LogP contribution in [-0.2, 0) is 6.54 Å². The number of benzene rings is 2. The zero-order valence-electron chi connectivity index (χ0n) is 11.0. The van der Waals surface area contributed by atoms with Crippen LogP contribution in [0.2, 0.25) is 0 Å². The monoisotopic (exact) mass is 264 g/mol. The summed E-state index contributed by atoms with van der Waals surface area (Å²) in [4.78, 5) is 0. The standard InChI is InChI=1S/C16H16N4/c17-15-7-2-1-4-13(15)11-18-14-6-3-5-12(10-14)16-8-9-19-20-16/h1-10,18H,11,17H2,(H,19,20). The molecular formula is C16H16N4. The van der Waals surface area contributed by atoms with Gasteiger partial charge in [0, 0.05) is 29.7 Å². The number of rotatable bonds is 4. The zero-order valence-corrected chi connectivity index (χ0v) is 11.0. The third-order valence-corrected chi connectivity index (χ3v) is 3.21. The summed E-state index contributed by atoms with van der Waals surface area (Å²) < 4.78 is 0. The average molecular weight is 264 g/mol.